The Morgan fingerprint density at radius 3 is 2.45 bits per heavy atom. The van der Waals surface area contributed by atoms with Crippen LogP contribution < -0.4 is 32.3 Å². The van der Waals surface area contributed by atoms with Crippen molar-refractivity contribution in [3.05, 3.63) is 65.7 Å². The zero-order valence-electron chi connectivity index (χ0n) is 22.9. The first-order chi connectivity index (χ1) is 20.6. The molecule has 2 aliphatic rings. The van der Waals surface area contributed by atoms with Crippen LogP contribution in [0.2, 0.25) is 0 Å². The number of aliphatic hydroxyl groups is 1. The number of nitrogens with zero attached hydrogens (tertiary/aromatic N) is 7. The van der Waals surface area contributed by atoms with Crippen LogP contribution in [-0.4, -0.2) is 75.2 Å². The molecule has 14 nitrogen and oxygen atoms in total. The zero-order valence-corrected chi connectivity index (χ0v) is 22.9. The fourth-order valence-corrected chi connectivity index (χ4v) is 4.81. The molecular weight excluding hydrogens is 536 g/mol. The summed E-state index contributed by atoms with van der Waals surface area (Å²) in [5.74, 6) is 2.11. The van der Waals surface area contributed by atoms with Crippen LogP contribution in [0, 0.1) is 0 Å². The van der Waals surface area contributed by atoms with Gasteiger partial charge in [0.25, 0.3) is 0 Å². The maximum atomic E-state index is 9.25. The van der Waals surface area contributed by atoms with Gasteiger partial charge in [0.15, 0.2) is 11.6 Å². The van der Waals surface area contributed by atoms with Crippen molar-refractivity contribution >= 4 is 52.5 Å². The number of hydrogen-bond acceptors (Lipinski definition) is 14. The molecule has 4 aromatic rings. The van der Waals surface area contributed by atoms with Gasteiger partial charge in [-0.1, -0.05) is 42.5 Å². The number of aromatic nitrogens is 5. The van der Waals surface area contributed by atoms with E-state index in [1.807, 2.05) is 47.4 Å². The van der Waals surface area contributed by atoms with Crippen LogP contribution in [0.3, 0.4) is 0 Å². The highest BCUT2D eigenvalue weighted by atomic mass is 16.5. The second kappa shape index (κ2) is 12.2. The molecule has 2 aromatic carbocycles. The van der Waals surface area contributed by atoms with Gasteiger partial charge in [-0.05, 0) is 23.3 Å². The SMILES string of the molecule is Nc1nc(N)c2c(n1)NC(c1ccccc1)CC(c1ccc(Nc3nc(NCCO)nc(N4CCOCC4)n3)cc1)=N2. The summed E-state index contributed by atoms with van der Waals surface area (Å²) in [7, 11) is 0. The van der Waals surface area contributed by atoms with Crippen LogP contribution in [0.1, 0.15) is 23.6 Å². The van der Waals surface area contributed by atoms with Crippen molar-refractivity contribution in [2.75, 3.05) is 71.8 Å². The van der Waals surface area contributed by atoms with Crippen molar-refractivity contribution in [2.45, 2.75) is 12.5 Å². The average molecular weight is 569 g/mol. The lowest BCUT2D eigenvalue weighted by atomic mass is 9.97. The first kappa shape index (κ1) is 27.1. The average Bonchev–Trinajstić information content (AvgIpc) is 3.21. The lowest BCUT2D eigenvalue weighted by Gasteiger charge is -2.27. The number of nitrogen functional groups attached to an aromatic ring is 2. The van der Waals surface area contributed by atoms with Crippen LogP contribution in [0.5, 0.6) is 0 Å². The number of aliphatic imine (C=N–C) groups is 1. The van der Waals surface area contributed by atoms with Gasteiger partial charge in [-0.2, -0.15) is 24.9 Å². The molecule has 0 radical (unpaired) electrons. The summed E-state index contributed by atoms with van der Waals surface area (Å²) in [5.41, 5.74) is 16.2. The molecule has 8 N–H and O–H groups in total. The van der Waals surface area contributed by atoms with E-state index < -0.39 is 0 Å². The monoisotopic (exact) mass is 568 g/mol. The van der Waals surface area contributed by atoms with Crippen LogP contribution in [0.4, 0.5) is 46.8 Å². The Labute approximate surface area is 242 Å². The molecule has 1 saturated heterocycles. The molecule has 1 fully saturated rings. The van der Waals surface area contributed by atoms with E-state index in [2.05, 4.69) is 53.0 Å². The van der Waals surface area contributed by atoms with E-state index >= 15 is 0 Å². The Balaban J connectivity index is 1.28. The highest BCUT2D eigenvalue weighted by Gasteiger charge is 2.24. The second-order valence-corrected chi connectivity index (χ2v) is 9.77. The third-order valence-corrected chi connectivity index (χ3v) is 6.87. The number of aliphatic hydroxyl groups excluding tert-OH is 1. The summed E-state index contributed by atoms with van der Waals surface area (Å²) in [4.78, 5) is 29.1. The van der Waals surface area contributed by atoms with Crippen molar-refractivity contribution in [1.29, 1.82) is 0 Å². The third-order valence-electron chi connectivity index (χ3n) is 6.87. The Hall–Kier alpha value is -5.08. The predicted molar refractivity (Wildman–Crippen MR) is 163 cm³/mol. The Kier molecular flexibility index (Phi) is 7.87. The van der Waals surface area contributed by atoms with Gasteiger partial charge < -0.3 is 42.2 Å². The van der Waals surface area contributed by atoms with E-state index in [-0.39, 0.29) is 24.4 Å². The lowest BCUT2D eigenvalue weighted by molar-refractivity contribution is 0.122. The number of hydrogen-bond donors (Lipinski definition) is 6. The molecule has 14 heteroatoms. The number of nitrogens with two attached hydrogens (primary N) is 2. The van der Waals surface area contributed by atoms with Gasteiger partial charge in [-0.15, -0.1) is 0 Å². The molecule has 216 valence electrons. The van der Waals surface area contributed by atoms with Gasteiger partial charge in [-0.3, -0.25) is 0 Å². The van der Waals surface area contributed by atoms with Crippen LogP contribution in [0.15, 0.2) is 59.6 Å². The molecule has 6 rings (SSSR count). The van der Waals surface area contributed by atoms with Crippen molar-refractivity contribution in [3.8, 4) is 0 Å². The highest BCUT2D eigenvalue weighted by Crippen LogP contribution is 2.37. The zero-order chi connectivity index (χ0) is 28.9. The van der Waals surface area contributed by atoms with Gasteiger partial charge in [0, 0.05) is 31.7 Å². The molecule has 0 bridgehead atoms. The molecular formula is C28H32N12O2. The largest absolute Gasteiger partial charge is 0.395 e. The fraction of sp³-hybridized carbons (Fsp3) is 0.286. The molecule has 1 atom stereocenters. The highest BCUT2D eigenvalue weighted by molar-refractivity contribution is 6.05. The van der Waals surface area contributed by atoms with E-state index in [1.54, 1.807) is 0 Å². The molecule has 1 unspecified atom stereocenters. The smallest absolute Gasteiger partial charge is 0.233 e. The molecule has 2 aromatic heterocycles. The predicted octanol–water partition coefficient (Wildman–Crippen LogP) is 2.49. The van der Waals surface area contributed by atoms with E-state index in [0.29, 0.717) is 68.6 Å². The number of ether oxygens (including phenoxy) is 1. The quantitative estimate of drug-likeness (QED) is 0.181. The first-order valence-corrected chi connectivity index (χ1v) is 13.7. The lowest BCUT2D eigenvalue weighted by Crippen LogP contribution is -2.37. The second-order valence-electron chi connectivity index (χ2n) is 9.77. The number of fused-ring (bicyclic) bond motifs is 1. The van der Waals surface area contributed by atoms with Crippen LogP contribution >= 0.6 is 0 Å². The summed E-state index contributed by atoms with van der Waals surface area (Å²) in [6.07, 6.45) is 0.586. The number of nitrogens with one attached hydrogen (secondary N) is 3. The van der Waals surface area contributed by atoms with Crippen molar-refractivity contribution in [1.82, 2.24) is 24.9 Å². The summed E-state index contributed by atoms with van der Waals surface area (Å²) in [6, 6.07) is 17.8. The van der Waals surface area contributed by atoms with Gasteiger partial charge in [-0.25, -0.2) is 4.99 Å². The summed E-state index contributed by atoms with van der Waals surface area (Å²) >= 11 is 0. The van der Waals surface area contributed by atoms with E-state index in [0.717, 1.165) is 22.5 Å². The molecule has 4 heterocycles. The van der Waals surface area contributed by atoms with Crippen molar-refractivity contribution in [3.63, 3.8) is 0 Å². The van der Waals surface area contributed by atoms with Crippen LogP contribution in [0.25, 0.3) is 0 Å². The molecule has 2 aliphatic heterocycles. The first-order valence-electron chi connectivity index (χ1n) is 13.7. The number of morpholine rings is 1. The topological polar surface area (TPSA) is 198 Å². The minimum Gasteiger partial charge on any atom is -0.395 e. The number of rotatable bonds is 8. The Morgan fingerprint density at radius 1 is 0.929 bits per heavy atom. The van der Waals surface area contributed by atoms with Crippen molar-refractivity contribution < 1.29 is 9.84 Å². The maximum Gasteiger partial charge on any atom is 0.233 e. The molecule has 0 saturated carbocycles. The third kappa shape index (κ3) is 6.14. The number of benzene rings is 2. The minimum atomic E-state index is -0.105. The molecule has 0 amide bonds. The molecule has 42 heavy (non-hydrogen) atoms. The standard InChI is InChI=1S/C28H32N12O2/c29-23-22-24(36-25(30)35-23)34-21(17-4-2-1-3-5-17)16-20(33-22)18-6-8-19(9-7-18)32-27-37-26(31-10-13-41)38-28(39-27)40-11-14-42-15-12-40/h1-9,21,41H,10-16H2,(H5,29,30,34,35,36)(H2,31,32,37,38,39). The summed E-state index contributed by atoms with van der Waals surface area (Å²) in [6.45, 7) is 2.87. The Morgan fingerprint density at radius 2 is 1.69 bits per heavy atom. The number of anilines is 7. The molecule has 0 spiro atoms. The van der Waals surface area contributed by atoms with E-state index in [9.17, 15) is 5.11 Å². The fourth-order valence-electron chi connectivity index (χ4n) is 4.81. The molecule has 0 aliphatic carbocycles. The normalized spacial score (nSPS) is 16.5. The van der Waals surface area contributed by atoms with Crippen LogP contribution in [-0.2, 0) is 4.74 Å². The van der Waals surface area contributed by atoms with Gasteiger partial charge in [0.1, 0.15) is 5.69 Å². The van der Waals surface area contributed by atoms with Gasteiger partial charge in [0.05, 0.1) is 31.6 Å². The van der Waals surface area contributed by atoms with E-state index in [4.69, 9.17) is 21.2 Å². The maximum absolute atomic E-state index is 9.25. The summed E-state index contributed by atoms with van der Waals surface area (Å²) < 4.78 is 5.46. The summed E-state index contributed by atoms with van der Waals surface area (Å²) in [5, 5.41) is 19.0. The van der Waals surface area contributed by atoms with Gasteiger partial charge in [0.2, 0.25) is 23.8 Å². The van der Waals surface area contributed by atoms with Crippen molar-refractivity contribution in [2.24, 2.45) is 4.99 Å². The Bertz CT molecular complexity index is 1560. The minimum absolute atomic E-state index is 0.0387. The van der Waals surface area contributed by atoms with E-state index in [1.165, 1.54) is 0 Å². The van der Waals surface area contributed by atoms with Gasteiger partial charge >= 0.3 is 0 Å².